The molecule has 0 spiro atoms. The summed E-state index contributed by atoms with van der Waals surface area (Å²) in [6.07, 6.45) is 0. The highest BCUT2D eigenvalue weighted by atomic mass is 19.1. The van der Waals surface area contributed by atoms with Crippen LogP contribution in [0.3, 0.4) is 0 Å². The average molecular weight is 348 g/mol. The molecule has 2 atom stereocenters. The van der Waals surface area contributed by atoms with Crippen molar-refractivity contribution < 1.29 is 18.3 Å². The maximum atomic E-state index is 13.5. The van der Waals surface area contributed by atoms with E-state index in [1.54, 1.807) is 25.1 Å². The second-order valence-corrected chi connectivity index (χ2v) is 5.84. The van der Waals surface area contributed by atoms with Crippen molar-refractivity contribution in [2.45, 2.75) is 32.5 Å². The highest BCUT2D eigenvalue weighted by molar-refractivity contribution is 5.81. The molecule has 0 radical (unpaired) electrons. The van der Waals surface area contributed by atoms with Crippen molar-refractivity contribution in [3.05, 3.63) is 65.2 Å². The van der Waals surface area contributed by atoms with Crippen LogP contribution < -0.4 is 15.4 Å². The first kappa shape index (κ1) is 18.9. The minimum atomic E-state index is -0.497. The molecule has 2 rings (SSSR count). The van der Waals surface area contributed by atoms with Crippen LogP contribution in [0.15, 0.2) is 42.5 Å². The molecule has 4 nitrogen and oxygen atoms in total. The molecule has 0 saturated carbocycles. The molecule has 0 heterocycles. The second-order valence-electron chi connectivity index (χ2n) is 5.84. The molecular weight excluding hydrogens is 326 g/mol. The largest absolute Gasteiger partial charge is 0.496 e. The van der Waals surface area contributed by atoms with Gasteiger partial charge in [-0.3, -0.25) is 10.1 Å². The van der Waals surface area contributed by atoms with E-state index in [1.807, 2.05) is 6.92 Å². The normalized spacial score (nSPS) is 13.2. The van der Waals surface area contributed by atoms with Crippen LogP contribution in [0.25, 0.3) is 0 Å². The van der Waals surface area contributed by atoms with Gasteiger partial charge in [0.15, 0.2) is 0 Å². The molecule has 2 unspecified atom stereocenters. The Labute approximate surface area is 146 Å². The highest BCUT2D eigenvalue weighted by Gasteiger charge is 2.19. The molecule has 0 aliphatic heterocycles. The lowest BCUT2D eigenvalue weighted by Crippen LogP contribution is -2.42. The smallest absolute Gasteiger partial charge is 0.237 e. The molecule has 0 fully saturated rings. The Morgan fingerprint density at radius 1 is 1.08 bits per heavy atom. The molecule has 0 aliphatic rings. The Kier molecular flexibility index (Phi) is 6.47. The van der Waals surface area contributed by atoms with Crippen molar-refractivity contribution >= 4 is 5.91 Å². The van der Waals surface area contributed by atoms with Crippen molar-refractivity contribution in [2.24, 2.45) is 0 Å². The van der Waals surface area contributed by atoms with Crippen molar-refractivity contribution in [3.8, 4) is 5.75 Å². The summed E-state index contributed by atoms with van der Waals surface area (Å²) in [6.45, 7) is 3.87. The van der Waals surface area contributed by atoms with Crippen LogP contribution in [-0.2, 0) is 11.3 Å². The standard InChI is InChI=1S/C19H22F2N2O2/c1-12(17-10-16(21)8-9-18(17)25-3)23-13(2)19(24)22-11-14-4-6-15(20)7-5-14/h4-10,12-13,23H,11H2,1-3H3,(H,22,24). The summed E-state index contributed by atoms with van der Waals surface area (Å²) in [5.41, 5.74) is 1.45. The number of halogens is 2. The SMILES string of the molecule is COc1ccc(F)cc1C(C)NC(C)C(=O)NCc1ccc(F)cc1. The number of hydrogen-bond acceptors (Lipinski definition) is 3. The van der Waals surface area contributed by atoms with Gasteiger partial charge in [0.1, 0.15) is 17.4 Å². The highest BCUT2D eigenvalue weighted by Crippen LogP contribution is 2.26. The van der Waals surface area contributed by atoms with Gasteiger partial charge in [-0.25, -0.2) is 8.78 Å². The number of benzene rings is 2. The summed E-state index contributed by atoms with van der Waals surface area (Å²) in [5, 5.41) is 5.91. The molecule has 0 aromatic heterocycles. The van der Waals surface area contributed by atoms with E-state index in [1.165, 1.54) is 31.4 Å². The third kappa shape index (κ3) is 5.26. The zero-order valence-corrected chi connectivity index (χ0v) is 14.5. The zero-order chi connectivity index (χ0) is 18.4. The van der Waals surface area contributed by atoms with E-state index in [-0.39, 0.29) is 23.6 Å². The van der Waals surface area contributed by atoms with Gasteiger partial charge < -0.3 is 10.1 Å². The average Bonchev–Trinajstić information content (AvgIpc) is 2.60. The summed E-state index contributed by atoms with van der Waals surface area (Å²) >= 11 is 0. The fourth-order valence-corrected chi connectivity index (χ4v) is 2.53. The van der Waals surface area contributed by atoms with E-state index < -0.39 is 6.04 Å². The van der Waals surface area contributed by atoms with Gasteiger partial charge in [0.05, 0.1) is 13.2 Å². The van der Waals surface area contributed by atoms with E-state index in [9.17, 15) is 13.6 Å². The van der Waals surface area contributed by atoms with Crippen molar-refractivity contribution in [2.75, 3.05) is 7.11 Å². The van der Waals surface area contributed by atoms with Crippen LogP contribution in [0.5, 0.6) is 5.75 Å². The van der Waals surface area contributed by atoms with Crippen LogP contribution in [-0.4, -0.2) is 19.1 Å². The molecule has 0 bridgehead atoms. The first-order chi connectivity index (χ1) is 11.9. The lowest BCUT2D eigenvalue weighted by atomic mass is 10.1. The summed E-state index contributed by atoms with van der Waals surface area (Å²) < 4.78 is 31.6. The van der Waals surface area contributed by atoms with E-state index >= 15 is 0 Å². The van der Waals surface area contributed by atoms with Gasteiger partial charge >= 0.3 is 0 Å². The summed E-state index contributed by atoms with van der Waals surface area (Å²) in [6, 6.07) is 9.43. The van der Waals surface area contributed by atoms with Crippen LogP contribution in [0.1, 0.15) is 31.0 Å². The summed E-state index contributed by atoms with van der Waals surface area (Å²) in [4.78, 5) is 12.2. The monoisotopic (exact) mass is 348 g/mol. The Morgan fingerprint density at radius 2 is 1.72 bits per heavy atom. The first-order valence-electron chi connectivity index (χ1n) is 8.02. The minimum Gasteiger partial charge on any atom is -0.496 e. The van der Waals surface area contributed by atoms with Gasteiger partial charge in [0, 0.05) is 18.2 Å². The number of rotatable bonds is 7. The van der Waals surface area contributed by atoms with Gasteiger partial charge in [-0.05, 0) is 49.7 Å². The molecule has 134 valence electrons. The van der Waals surface area contributed by atoms with Crippen molar-refractivity contribution in [1.29, 1.82) is 0 Å². The number of methoxy groups -OCH3 is 1. The maximum absolute atomic E-state index is 13.5. The van der Waals surface area contributed by atoms with E-state index in [2.05, 4.69) is 10.6 Å². The number of nitrogens with one attached hydrogen (secondary N) is 2. The van der Waals surface area contributed by atoms with E-state index in [0.717, 1.165) is 5.56 Å². The van der Waals surface area contributed by atoms with E-state index in [0.29, 0.717) is 17.9 Å². The molecule has 2 N–H and O–H groups in total. The maximum Gasteiger partial charge on any atom is 0.237 e. The number of carbonyl (C=O) groups excluding carboxylic acids is 1. The van der Waals surface area contributed by atoms with E-state index in [4.69, 9.17) is 4.74 Å². The fraction of sp³-hybridized carbons (Fsp3) is 0.316. The second kappa shape index (κ2) is 8.58. The molecular formula is C19H22F2N2O2. The fourth-order valence-electron chi connectivity index (χ4n) is 2.53. The van der Waals surface area contributed by atoms with Crippen molar-refractivity contribution in [1.82, 2.24) is 10.6 Å². The molecule has 6 heteroatoms. The predicted octanol–water partition coefficient (Wildman–Crippen LogP) is 3.33. The number of amides is 1. The van der Waals surface area contributed by atoms with Crippen LogP contribution in [0.2, 0.25) is 0 Å². The first-order valence-corrected chi connectivity index (χ1v) is 8.02. The molecule has 2 aromatic rings. The Hall–Kier alpha value is -2.47. The van der Waals surface area contributed by atoms with Gasteiger partial charge in [0.2, 0.25) is 5.91 Å². The number of hydrogen-bond donors (Lipinski definition) is 2. The summed E-state index contributed by atoms with van der Waals surface area (Å²) in [5.74, 6) is -0.326. The van der Waals surface area contributed by atoms with Gasteiger partial charge in [-0.15, -0.1) is 0 Å². The third-order valence-corrected chi connectivity index (χ3v) is 3.93. The molecule has 25 heavy (non-hydrogen) atoms. The molecule has 0 saturated heterocycles. The zero-order valence-electron chi connectivity index (χ0n) is 14.5. The van der Waals surface area contributed by atoms with Crippen LogP contribution in [0.4, 0.5) is 8.78 Å². The predicted molar refractivity (Wildman–Crippen MR) is 92.2 cm³/mol. The lowest BCUT2D eigenvalue weighted by molar-refractivity contribution is -0.123. The summed E-state index contributed by atoms with van der Waals surface area (Å²) in [7, 11) is 1.52. The molecule has 1 amide bonds. The Balaban J connectivity index is 1.94. The molecule has 2 aromatic carbocycles. The van der Waals surface area contributed by atoms with Crippen LogP contribution >= 0.6 is 0 Å². The lowest BCUT2D eigenvalue weighted by Gasteiger charge is -2.21. The Morgan fingerprint density at radius 3 is 2.36 bits per heavy atom. The van der Waals surface area contributed by atoms with Crippen LogP contribution in [0, 0.1) is 11.6 Å². The topological polar surface area (TPSA) is 50.4 Å². The Bertz CT molecular complexity index is 720. The van der Waals surface area contributed by atoms with Gasteiger partial charge in [-0.1, -0.05) is 12.1 Å². The van der Waals surface area contributed by atoms with Crippen molar-refractivity contribution in [3.63, 3.8) is 0 Å². The molecule has 0 aliphatic carbocycles. The number of carbonyl (C=O) groups is 1. The quantitative estimate of drug-likeness (QED) is 0.807. The van der Waals surface area contributed by atoms with Gasteiger partial charge in [-0.2, -0.15) is 0 Å². The minimum absolute atomic E-state index is 0.202. The third-order valence-electron chi connectivity index (χ3n) is 3.93. The number of ether oxygens (including phenoxy) is 1. The van der Waals surface area contributed by atoms with Gasteiger partial charge in [0.25, 0.3) is 0 Å².